The number of phenols is 5. The first-order valence-corrected chi connectivity index (χ1v) is 15.8. The summed E-state index contributed by atoms with van der Waals surface area (Å²) in [5.41, 5.74) is -0.698. The maximum absolute atomic E-state index is 13.5. The Kier molecular flexibility index (Phi) is 8.60. The van der Waals surface area contributed by atoms with E-state index in [9.17, 15) is 35.1 Å². The molecule has 0 aliphatic heterocycles. The molecule has 0 amide bonds. The fourth-order valence-electron chi connectivity index (χ4n) is 5.11. The van der Waals surface area contributed by atoms with E-state index in [0.29, 0.717) is 10.6 Å². The number of halogens is 4. The molecule has 10 nitrogen and oxygen atoms in total. The third kappa shape index (κ3) is 5.77. The number of benzene rings is 3. The molecule has 0 saturated carbocycles. The van der Waals surface area contributed by atoms with Crippen LogP contribution in [-0.4, -0.2) is 52.1 Å². The van der Waals surface area contributed by atoms with Crippen LogP contribution in [0, 0.1) is 0 Å². The van der Waals surface area contributed by atoms with Gasteiger partial charge in [-0.2, -0.15) is 0 Å². The van der Waals surface area contributed by atoms with Gasteiger partial charge in [0.1, 0.15) is 55.2 Å². The molecule has 238 valence electrons. The molecule has 0 bridgehead atoms. The van der Waals surface area contributed by atoms with Gasteiger partial charge in [0.05, 0.1) is 38.6 Å². The van der Waals surface area contributed by atoms with Gasteiger partial charge in [0.25, 0.3) is 0 Å². The number of para-hydroxylation sites is 1. The predicted octanol–water partition coefficient (Wildman–Crippen LogP) is 8.25. The van der Waals surface area contributed by atoms with Crippen molar-refractivity contribution >= 4 is 69.3 Å². The number of thiazole rings is 1. The molecule has 0 unspecified atom stereocenters. The van der Waals surface area contributed by atoms with E-state index in [1.165, 1.54) is 42.5 Å². The average Bonchev–Trinajstić information content (AvgIpc) is 3.74. The van der Waals surface area contributed by atoms with Gasteiger partial charge in [-0.05, 0) is 36.4 Å². The van der Waals surface area contributed by atoms with Crippen molar-refractivity contribution in [1.29, 1.82) is 0 Å². The third-order valence-electron chi connectivity index (χ3n) is 7.34. The minimum Gasteiger partial charge on any atom is -0.507 e. The Morgan fingerprint density at radius 2 is 1.17 bits per heavy atom. The predicted molar refractivity (Wildman–Crippen MR) is 178 cm³/mol. The topological polar surface area (TPSA) is 180 Å². The van der Waals surface area contributed by atoms with Gasteiger partial charge < -0.3 is 35.5 Å². The summed E-state index contributed by atoms with van der Waals surface area (Å²) in [7, 11) is 0. The number of nitrogens with one attached hydrogen (secondary N) is 2. The summed E-state index contributed by atoms with van der Waals surface area (Å²) in [6.45, 7) is 0. The van der Waals surface area contributed by atoms with Gasteiger partial charge >= 0.3 is 0 Å². The van der Waals surface area contributed by atoms with Gasteiger partial charge in [0, 0.05) is 16.5 Å². The van der Waals surface area contributed by atoms with E-state index < -0.39 is 51.6 Å². The van der Waals surface area contributed by atoms with Gasteiger partial charge in [0.2, 0.25) is 11.6 Å². The van der Waals surface area contributed by atoms with Crippen LogP contribution in [0.25, 0.3) is 10.6 Å². The summed E-state index contributed by atoms with van der Waals surface area (Å²) >= 11 is 25.1. The number of aromatic nitrogens is 3. The molecule has 6 rings (SSSR count). The van der Waals surface area contributed by atoms with Crippen molar-refractivity contribution in [2.75, 3.05) is 0 Å². The number of rotatable bonds is 8. The summed E-state index contributed by atoms with van der Waals surface area (Å²) < 4.78 is 0. The fraction of sp³-hybridized carbons (Fsp3) is 0.0312. The Morgan fingerprint density at radius 1 is 0.681 bits per heavy atom. The second kappa shape index (κ2) is 12.5. The molecule has 6 aromatic rings. The number of H-pyrrole nitrogens is 2. The molecule has 0 radical (unpaired) electrons. The minimum atomic E-state index is -1.21. The molecule has 0 spiro atoms. The molecule has 3 aromatic heterocycles. The highest BCUT2D eigenvalue weighted by Gasteiger charge is 2.33. The monoisotopic (exact) mass is 729 g/mol. The number of hydrogen-bond donors (Lipinski definition) is 7. The molecule has 0 saturated heterocycles. The van der Waals surface area contributed by atoms with Crippen molar-refractivity contribution in [3.05, 3.63) is 126 Å². The highest BCUT2D eigenvalue weighted by atomic mass is 35.5. The van der Waals surface area contributed by atoms with Crippen molar-refractivity contribution in [3.8, 4) is 39.3 Å². The quantitative estimate of drug-likeness (QED) is 0.0765. The van der Waals surface area contributed by atoms with Crippen LogP contribution >= 0.6 is 57.7 Å². The van der Waals surface area contributed by atoms with E-state index in [0.717, 1.165) is 11.3 Å². The summed E-state index contributed by atoms with van der Waals surface area (Å²) in [5, 5.41) is 57.2. The molecule has 3 heterocycles. The Morgan fingerprint density at radius 3 is 1.62 bits per heavy atom. The van der Waals surface area contributed by atoms with Crippen LogP contribution in [0.3, 0.4) is 0 Å². The molecule has 0 fully saturated rings. The Bertz CT molecular complexity index is 2070. The first-order chi connectivity index (χ1) is 22.4. The van der Waals surface area contributed by atoms with Crippen molar-refractivity contribution < 1.29 is 35.1 Å². The van der Waals surface area contributed by atoms with Crippen LogP contribution in [-0.2, 0) is 0 Å². The fourth-order valence-corrected chi connectivity index (χ4v) is 6.62. The number of nitrogens with zero attached hydrogens (tertiary/aromatic N) is 1. The molecular weight excluding hydrogens is 712 g/mol. The van der Waals surface area contributed by atoms with Gasteiger partial charge in [-0.15, -0.1) is 11.3 Å². The lowest BCUT2D eigenvalue weighted by atomic mass is 9.84. The van der Waals surface area contributed by atoms with Crippen molar-refractivity contribution in [2.24, 2.45) is 0 Å². The molecule has 7 N–H and O–H groups in total. The van der Waals surface area contributed by atoms with Crippen molar-refractivity contribution in [3.63, 3.8) is 0 Å². The van der Waals surface area contributed by atoms with E-state index in [-0.39, 0.29) is 54.3 Å². The number of aromatic hydroxyl groups is 5. The second-order valence-corrected chi connectivity index (χ2v) is 12.6. The smallest absolute Gasteiger partial charge is 0.216 e. The molecule has 3 aromatic carbocycles. The number of ketones is 2. The third-order valence-corrected chi connectivity index (χ3v) is 9.62. The molecule has 47 heavy (non-hydrogen) atoms. The first-order valence-electron chi connectivity index (χ1n) is 13.4. The lowest BCUT2D eigenvalue weighted by molar-refractivity contribution is 0.102. The van der Waals surface area contributed by atoms with Gasteiger partial charge in [0.15, 0.2) is 0 Å². The molecular formula is C32H19Cl4N3O7S. The Labute approximate surface area is 289 Å². The van der Waals surface area contributed by atoms with Gasteiger partial charge in [-0.3, -0.25) is 9.59 Å². The number of carbonyl (C=O) groups excluding carboxylic acids is 2. The van der Waals surface area contributed by atoms with Crippen LogP contribution in [0.5, 0.6) is 28.7 Å². The van der Waals surface area contributed by atoms with Crippen molar-refractivity contribution in [1.82, 2.24) is 15.0 Å². The summed E-state index contributed by atoms with van der Waals surface area (Å²) in [6.07, 6.45) is 0. The largest absolute Gasteiger partial charge is 0.507 e. The number of hydrogen-bond acceptors (Lipinski definition) is 9. The number of aromatic amines is 2. The van der Waals surface area contributed by atoms with Crippen molar-refractivity contribution in [2.45, 2.75) is 5.92 Å². The summed E-state index contributed by atoms with van der Waals surface area (Å²) in [4.78, 5) is 36.9. The molecule has 0 aliphatic carbocycles. The number of carbonyl (C=O) groups is 2. The van der Waals surface area contributed by atoms with Crippen LogP contribution in [0.1, 0.15) is 54.8 Å². The minimum absolute atomic E-state index is 0.0191. The van der Waals surface area contributed by atoms with Crippen LogP contribution < -0.4 is 0 Å². The lowest BCUT2D eigenvalue weighted by Crippen LogP contribution is -2.11. The van der Waals surface area contributed by atoms with Crippen LogP contribution in [0.2, 0.25) is 20.4 Å². The molecule has 15 heteroatoms. The zero-order valence-corrected chi connectivity index (χ0v) is 27.2. The lowest BCUT2D eigenvalue weighted by Gasteiger charge is -2.22. The first kappa shape index (κ1) is 32.3. The highest BCUT2D eigenvalue weighted by Crippen LogP contribution is 2.47. The maximum atomic E-state index is 13.5. The van der Waals surface area contributed by atoms with E-state index in [2.05, 4.69) is 15.0 Å². The highest BCUT2D eigenvalue weighted by molar-refractivity contribution is 7.13. The van der Waals surface area contributed by atoms with Gasteiger partial charge in [-0.25, -0.2) is 4.98 Å². The second-order valence-electron chi connectivity index (χ2n) is 10.2. The van der Waals surface area contributed by atoms with E-state index >= 15 is 0 Å². The number of phenolic OH excluding ortho intramolecular Hbond substituents is 5. The van der Waals surface area contributed by atoms with Crippen LogP contribution in [0.15, 0.2) is 66.0 Å². The standard InChI is InChI=1S/C32H19Cl4N3O7S/c33-15-9-17(37-30(15)35)28(45)24-21(41)7-5-13(26(24)43)23(19-11-47-32(39-19)12-3-1-2-4-20(12)40)14-6-8-22(42)25(27(14)44)29(46)18-10-16(34)31(36)38-18/h1-11,23,37-38,40-44H. The normalized spacial score (nSPS) is 11.3. The Balaban J connectivity index is 1.57. The average molecular weight is 731 g/mol. The molecule has 0 aliphatic rings. The zero-order valence-electron chi connectivity index (χ0n) is 23.3. The molecule has 0 atom stereocenters. The van der Waals surface area contributed by atoms with Crippen LogP contribution in [0.4, 0.5) is 0 Å². The van der Waals surface area contributed by atoms with E-state index in [1.807, 2.05) is 0 Å². The summed E-state index contributed by atoms with van der Waals surface area (Å²) in [5.74, 6) is -5.46. The summed E-state index contributed by atoms with van der Waals surface area (Å²) in [6, 6.07) is 13.9. The maximum Gasteiger partial charge on any atom is 0.216 e. The van der Waals surface area contributed by atoms with Gasteiger partial charge in [-0.1, -0.05) is 70.7 Å². The van der Waals surface area contributed by atoms with E-state index in [1.54, 1.807) is 23.6 Å². The SMILES string of the molecule is O=C(c1cc(Cl)c(Cl)[nH]1)c1c(O)ccc(C(c2csc(-c3ccccc3O)n2)c2ccc(O)c(C(=O)c3cc(Cl)c(Cl)[nH]3)c2O)c1O. The zero-order chi connectivity index (χ0) is 33.7. The Hall–Kier alpha value is -4.65. The van der Waals surface area contributed by atoms with E-state index in [4.69, 9.17) is 46.4 Å².